The minimum Gasteiger partial charge on any atom is -0.462 e. The Hall–Kier alpha value is -1.62. The van der Waals surface area contributed by atoms with Gasteiger partial charge in [-0.05, 0) is 44.9 Å². The summed E-state index contributed by atoms with van der Waals surface area (Å²) in [6, 6.07) is 0. The third-order valence-corrected chi connectivity index (χ3v) is 7.97. The van der Waals surface area contributed by atoms with Crippen LogP contribution in [-0.4, -0.2) is 37.9 Å². The summed E-state index contributed by atoms with van der Waals surface area (Å²) in [5.74, 6) is -0.424. The van der Waals surface area contributed by atoms with Gasteiger partial charge < -0.3 is 14.2 Å². The summed E-state index contributed by atoms with van der Waals surface area (Å²) >= 11 is 0. The first-order valence-electron chi connectivity index (χ1n) is 18.9. The number of unbranched alkanes of at least 4 members (excludes halogenated alkanes) is 19. The molecule has 258 valence electrons. The Balaban J connectivity index is 4.13. The van der Waals surface area contributed by atoms with E-state index < -0.39 is 6.10 Å². The molecule has 1 atom stereocenters. The molecular weight excluding hydrogens is 548 g/mol. The van der Waals surface area contributed by atoms with Crippen molar-refractivity contribution in [2.24, 2.45) is 0 Å². The van der Waals surface area contributed by atoms with Gasteiger partial charge in [0.15, 0.2) is 6.10 Å². The summed E-state index contributed by atoms with van der Waals surface area (Å²) in [6.45, 7) is 7.67. The fraction of sp³-hybridized carbons (Fsp3) is 0.846. The van der Waals surface area contributed by atoms with Crippen molar-refractivity contribution in [3.05, 3.63) is 24.3 Å². The van der Waals surface area contributed by atoms with Gasteiger partial charge in [-0.2, -0.15) is 0 Å². The zero-order chi connectivity index (χ0) is 32.2. The zero-order valence-corrected chi connectivity index (χ0v) is 29.4. The molecule has 0 saturated heterocycles. The largest absolute Gasteiger partial charge is 0.462 e. The fourth-order valence-corrected chi connectivity index (χ4v) is 5.13. The quantitative estimate of drug-likeness (QED) is 0.0407. The highest BCUT2D eigenvalue weighted by Gasteiger charge is 2.17. The summed E-state index contributed by atoms with van der Waals surface area (Å²) in [7, 11) is 0. The van der Waals surface area contributed by atoms with Gasteiger partial charge in [0.05, 0.1) is 6.61 Å². The lowest BCUT2D eigenvalue weighted by Crippen LogP contribution is -2.30. The number of carbonyl (C=O) groups excluding carboxylic acids is 2. The lowest BCUT2D eigenvalue weighted by molar-refractivity contribution is -0.163. The van der Waals surface area contributed by atoms with E-state index in [4.69, 9.17) is 14.2 Å². The van der Waals surface area contributed by atoms with Crippen LogP contribution in [0.25, 0.3) is 0 Å². The van der Waals surface area contributed by atoms with Gasteiger partial charge >= 0.3 is 11.9 Å². The zero-order valence-electron chi connectivity index (χ0n) is 29.4. The van der Waals surface area contributed by atoms with E-state index in [0.29, 0.717) is 19.4 Å². The maximum absolute atomic E-state index is 12.4. The molecule has 0 amide bonds. The van der Waals surface area contributed by atoms with Crippen molar-refractivity contribution < 1.29 is 23.8 Å². The van der Waals surface area contributed by atoms with Crippen LogP contribution in [0.4, 0.5) is 0 Å². The molecule has 0 saturated carbocycles. The minimum absolute atomic E-state index is 0.0818. The van der Waals surface area contributed by atoms with Crippen molar-refractivity contribution in [2.45, 2.75) is 194 Å². The van der Waals surface area contributed by atoms with Crippen molar-refractivity contribution in [1.82, 2.24) is 0 Å². The van der Waals surface area contributed by atoms with Crippen LogP contribution in [0.5, 0.6) is 0 Å². The van der Waals surface area contributed by atoms with Crippen molar-refractivity contribution in [3.8, 4) is 0 Å². The summed E-state index contributed by atoms with van der Waals surface area (Å²) in [4.78, 5) is 24.8. The Bertz CT molecular complexity index is 671. The average molecular weight is 621 g/mol. The predicted octanol–water partition coefficient (Wildman–Crippen LogP) is 11.8. The number of esters is 2. The molecule has 0 radical (unpaired) electrons. The standard InChI is InChI=1S/C39H72O5/c1-4-7-10-13-15-17-19-20-21-22-24-27-29-32-38(40)43-36-37(44-39(41)33-30-26-12-9-6-3)35-42-34-31-28-25-23-18-16-14-11-8-5-2/h10,13,17,19,37H,4-9,11-12,14-16,18,20-36H2,1-3H3/b13-10-,19-17-. The highest BCUT2D eigenvalue weighted by atomic mass is 16.6. The van der Waals surface area contributed by atoms with Crippen molar-refractivity contribution >= 4 is 11.9 Å². The van der Waals surface area contributed by atoms with Gasteiger partial charge in [0.25, 0.3) is 0 Å². The van der Waals surface area contributed by atoms with E-state index in [0.717, 1.165) is 57.8 Å². The van der Waals surface area contributed by atoms with Gasteiger partial charge in [-0.3, -0.25) is 9.59 Å². The molecule has 0 spiro atoms. The fourth-order valence-electron chi connectivity index (χ4n) is 5.13. The van der Waals surface area contributed by atoms with Crippen molar-refractivity contribution in [3.63, 3.8) is 0 Å². The molecule has 0 aliphatic carbocycles. The Morgan fingerprint density at radius 1 is 0.500 bits per heavy atom. The molecule has 0 fully saturated rings. The first-order valence-corrected chi connectivity index (χ1v) is 18.9. The van der Waals surface area contributed by atoms with Crippen LogP contribution >= 0.6 is 0 Å². The van der Waals surface area contributed by atoms with Crippen LogP contribution in [0, 0.1) is 0 Å². The summed E-state index contributed by atoms with van der Waals surface area (Å²) < 4.78 is 17.1. The number of hydrogen-bond acceptors (Lipinski definition) is 5. The second-order valence-electron chi connectivity index (χ2n) is 12.5. The van der Waals surface area contributed by atoms with Gasteiger partial charge in [0.1, 0.15) is 6.61 Å². The second-order valence-corrected chi connectivity index (χ2v) is 12.5. The van der Waals surface area contributed by atoms with E-state index in [1.807, 2.05) is 0 Å². The molecule has 0 aliphatic rings. The molecule has 0 N–H and O–H groups in total. The van der Waals surface area contributed by atoms with E-state index in [1.165, 1.54) is 96.3 Å². The number of rotatable bonds is 34. The molecular formula is C39H72O5. The molecule has 0 rings (SSSR count). The Labute approximate surface area is 273 Å². The molecule has 5 nitrogen and oxygen atoms in total. The molecule has 0 aromatic rings. The number of hydrogen-bond donors (Lipinski definition) is 0. The van der Waals surface area contributed by atoms with Gasteiger partial charge in [-0.25, -0.2) is 0 Å². The first-order chi connectivity index (χ1) is 21.6. The molecule has 0 bridgehead atoms. The Morgan fingerprint density at radius 3 is 1.59 bits per heavy atom. The highest BCUT2D eigenvalue weighted by Crippen LogP contribution is 2.12. The second kappa shape index (κ2) is 35.9. The maximum atomic E-state index is 12.4. The summed E-state index contributed by atoms with van der Waals surface area (Å²) in [6.07, 6.45) is 37.6. The van der Waals surface area contributed by atoms with Gasteiger partial charge in [0, 0.05) is 19.4 Å². The summed E-state index contributed by atoms with van der Waals surface area (Å²) in [5, 5.41) is 0. The number of carbonyl (C=O) groups is 2. The minimum atomic E-state index is -0.527. The molecule has 0 aromatic carbocycles. The Kier molecular flexibility index (Phi) is 34.5. The van der Waals surface area contributed by atoms with E-state index in [9.17, 15) is 9.59 Å². The Morgan fingerprint density at radius 2 is 1.00 bits per heavy atom. The molecule has 44 heavy (non-hydrogen) atoms. The first kappa shape index (κ1) is 42.4. The predicted molar refractivity (Wildman–Crippen MR) is 187 cm³/mol. The third kappa shape index (κ3) is 33.3. The van der Waals surface area contributed by atoms with E-state index in [2.05, 4.69) is 45.1 Å². The van der Waals surface area contributed by atoms with Crippen molar-refractivity contribution in [1.29, 1.82) is 0 Å². The summed E-state index contributed by atoms with van der Waals surface area (Å²) in [5.41, 5.74) is 0. The molecule has 0 aliphatic heterocycles. The van der Waals surface area contributed by atoms with E-state index in [1.54, 1.807) is 0 Å². The number of ether oxygens (including phenoxy) is 3. The molecule has 5 heteroatoms. The van der Waals surface area contributed by atoms with E-state index in [-0.39, 0.29) is 25.2 Å². The smallest absolute Gasteiger partial charge is 0.306 e. The topological polar surface area (TPSA) is 61.8 Å². The van der Waals surface area contributed by atoms with Gasteiger partial charge in [0.2, 0.25) is 0 Å². The average Bonchev–Trinajstić information content (AvgIpc) is 3.02. The van der Waals surface area contributed by atoms with Crippen LogP contribution in [0.2, 0.25) is 0 Å². The van der Waals surface area contributed by atoms with Crippen LogP contribution in [0.15, 0.2) is 24.3 Å². The van der Waals surface area contributed by atoms with E-state index >= 15 is 0 Å². The molecule has 0 heterocycles. The normalized spacial score (nSPS) is 12.3. The van der Waals surface area contributed by atoms with Gasteiger partial charge in [-0.1, -0.05) is 154 Å². The lowest BCUT2D eigenvalue weighted by atomic mass is 10.1. The SMILES string of the molecule is CCC/C=C\C/C=C\CCCCCCCC(=O)OCC(COCCCCCCCCCCCC)OC(=O)CCCCCCC. The molecule has 1 unspecified atom stereocenters. The lowest BCUT2D eigenvalue weighted by Gasteiger charge is -2.18. The highest BCUT2D eigenvalue weighted by molar-refractivity contribution is 5.70. The third-order valence-electron chi connectivity index (χ3n) is 7.97. The number of allylic oxidation sites excluding steroid dienone is 4. The molecule has 0 aromatic heterocycles. The van der Waals surface area contributed by atoms with Crippen LogP contribution in [-0.2, 0) is 23.8 Å². The van der Waals surface area contributed by atoms with Crippen LogP contribution in [0.1, 0.15) is 188 Å². The maximum Gasteiger partial charge on any atom is 0.306 e. The van der Waals surface area contributed by atoms with Crippen LogP contribution < -0.4 is 0 Å². The van der Waals surface area contributed by atoms with Gasteiger partial charge in [-0.15, -0.1) is 0 Å². The van der Waals surface area contributed by atoms with Crippen molar-refractivity contribution in [2.75, 3.05) is 19.8 Å². The van der Waals surface area contributed by atoms with Crippen LogP contribution in [0.3, 0.4) is 0 Å². The monoisotopic (exact) mass is 621 g/mol.